The van der Waals surface area contributed by atoms with Crippen LogP contribution in [-0.4, -0.2) is 18.8 Å². The highest BCUT2D eigenvalue weighted by Gasteiger charge is 2.19. The maximum Gasteiger partial charge on any atom is 0.141 e. The molecule has 16 heavy (non-hydrogen) atoms. The van der Waals surface area contributed by atoms with Crippen LogP contribution in [0.25, 0.3) is 0 Å². The molecule has 0 saturated carbocycles. The Bertz CT molecular complexity index is 388. The maximum absolute atomic E-state index is 9.04. The van der Waals surface area contributed by atoms with E-state index in [1.54, 1.807) is 7.11 Å². The molecule has 0 heterocycles. The summed E-state index contributed by atoms with van der Waals surface area (Å²) >= 11 is 6.36. The third kappa shape index (κ3) is 2.04. The molecule has 2 rings (SSSR count). The molecule has 0 aliphatic heterocycles. The minimum Gasteiger partial charge on any atom is -0.495 e. The van der Waals surface area contributed by atoms with E-state index in [0.717, 1.165) is 29.2 Å². The average molecular weight is 241 g/mol. The van der Waals surface area contributed by atoms with Crippen molar-refractivity contribution >= 4 is 11.6 Å². The Morgan fingerprint density at radius 1 is 1.38 bits per heavy atom. The number of rotatable bonds is 3. The first-order valence-corrected chi connectivity index (χ1v) is 6.13. The van der Waals surface area contributed by atoms with E-state index in [9.17, 15) is 0 Å². The number of ether oxygens (including phenoxy) is 1. The highest BCUT2D eigenvalue weighted by atomic mass is 35.5. The molecule has 88 valence electrons. The predicted molar refractivity (Wildman–Crippen MR) is 65.4 cm³/mol. The molecule has 0 bridgehead atoms. The molecule has 1 N–H and O–H groups in total. The second-order valence-electron chi connectivity index (χ2n) is 4.20. The van der Waals surface area contributed by atoms with Gasteiger partial charge in [-0.1, -0.05) is 17.7 Å². The SMILES string of the molecule is COc1c(CCO)cc2c(c1Cl)CCCC2. The minimum absolute atomic E-state index is 0.130. The van der Waals surface area contributed by atoms with Gasteiger partial charge < -0.3 is 9.84 Å². The number of fused-ring (bicyclic) bond motifs is 1. The van der Waals surface area contributed by atoms with E-state index < -0.39 is 0 Å². The van der Waals surface area contributed by atoms with Crippen LogP contribution in [0, 0.1) is 0 Å². The lowest BCUT2D eigenvalue weighted by molar-refractivity contribution is 0.296. The zero-order valence-corrected chi connectivity index (χ0v) is 10.3. The van der Waals surface area contributed by atoms with Crippen LogP contribution in [0.5, 0.6) is 5.75 Å². The van der Waals surface area contributed by atoms with Crippen LogP contribution in [0.2, 0.25) is 5.02 Å². The first-order valence-electron chi connectivity index (χ1n) is 5.76. The standard InChI is InChI=1S/C13H17ClO2/c1-16-13-10(6-7-15)8-9-4-2-3-5-11(9)12(13)14/h8,15H,2-7H2,1H3. The third-order valence-electron chi connectivity index (χ3n) is 3.20. The number of aliphatic hydroxyl groups excluding tert-OH is 1. The van der Waals surface area contributed by atoms with Crippen molar-refractivity contribution in [3.63, 3.8) is 0 Å². The molecule has 1 aromatic carbocycles. The summed E-state index contributed by atoms with van der Waals surface area (Å²) in [5, 5.41) is 9.79. The van der Waals surface area contributed by atoms with E-state index in [2.05, 4.69) is 6.07 Å². The number of hydrogen-bond acceptors (Lipinski definition) is 2. The Hall–Kier alpha value is -0.730. The van der Waals surface area contributed by atoms with Gasteiger partial charge in [0, 0.05) is 6.61 Å². The normalized spacial score (nSPS) is 14.7. The molecular weight excluding hydrogens is 224 g/mol. The minimum atomic E-state index is 0.130. The highest BCUT2D eigenvalue weighted by Crippen LogP contribution is 2.38. The quantitative estimate of drug-likeness (QED) is 0.881. The molecule has 1 aliphatic rings. The van der Waals surface area contributed by atoms with Crippen LogP contribution in [0.3, 0.4) is 0 Å². The molecule has 1 aliphatic carbocycles. The molecule has 0 saturated heterocycles. The second kappa shape index (κ2) is 5.07. The predicted octanol–water partition coefficient (Wildman–Crippen LogP) is 2.76. The fourth-order valence-corrected chi connectivity index (χ4v) is 2.83. The van der Waals surface area contributed by atoms with Crippen molar-refractivity contribution in [3.05, 3.63) is 27.8 Å². The van der Waals surface area contributed by atoms with E-state index in [-0.39, 0.29) is 6.61 Å². The van der Waals surface area contributed by atoms with Gasteiger partial charge in [0.25, 0.3) is 0 Å². The Kier molecular flexibility index (Phi) is 3.72. The Morgan fingerprint density at radius 2 is 2.12 bits per heavy atom. The van der Waals surface area contributed by atoms with Crippen LogP contribution in [0.1, 0.15) is 29.5 Å². The fraction of sp³-hybridized carbons (Fsp3) is 0.538. The van der Waals surface area contributed by atoms with Gasteiger partial charge in [0.2, 0.25) is 0 Å². The van der Waals surface area contributed by atoms with Crippen molar-refractivity contribution in [1.29, 1.82) is 0 Å². The first kappa shape index (κ1) is 11.7. The van der Waals surface area contributed by atoms with Crippen molar-refractivity contribution < 1.29 is 9.84 Å². The van der Waals surface area contributed by atoms with Crippen LogP contribution >= 0.6 is 11.6 Å². The van der Waals surface area contributed by atoms with E-state index >= 15 is 0 Å². The number of halogens is 1. The van der Waals surface area contributed by atoms with Gasteiger partial charge in [-0.25, -0.2) is 0 Å². The first-order chi connectivity index (χ1) is 7.77. The Labute approximate surface area is 101 Å². The van der Waals surface area contributed by atoms with E-state index in [1.807, 2.05) is 0 Å². The molecule has 0 atom stereocenters. The van der Waals surface area contributed by atoms with Gasteiger partial charge in [-0.15, -0.1) is 0 Å². The van der Waals surface area contributed by atoms with Gasteiger partial charge in [-0.05, 0) is 48.8 Å². The topological polar surface area (TPSA) is 29.5 Å². The number of methoxy groups -OCH3 is 1. The third-order valence-corrected chi connectivity index (χ3v) is 3.60. The summed E-state index contributed by atoms with van der Waals surface area (Å²) in [5.41, 5.74) is 3.60. The van der Waals surface area contributed by atoms with E-state index in [1.165, 1.54) is 24.0 Å². The lowest BCUT2D eigenvalue weighted by Crippen LogP contribution is -2.07. The average Bonchev–Trinajstić information content (AvgIpc) is 2.30. The second-order valence-corrected chi connectivity index (χ2v) is 4.58. The molecule has 2 nitrogen and oxygen atoms in total. The lowest BCUT2D eigenvalue weighted by Gasteiger charge is -2.21. The monoisotopic (exact) mass is 240 g/mol. The van der Waals surface area contributed by atoms with Gasteiger partial charge in [-0.2, -0.15) is 0 Å². The van der Waals surface area contributed by atoms with Crippen LogP contribution in [0.15, 0.2) is 6.07 Å². The highest BCUT2D eigenvalue weighted by molar-refractivity contribution is 6.33. The largest absolute Gasteiger partial charge is 0.495 e. The number of aliphatic hydroxyl groups is 1. The lowest BCUT2D eigenvalue weighted by atomic mass is 9.89. The molecule has 3 heteroatoms. The molecule has 0 radical (unpaired) electrons. The number of aryl methyl sites for hydroxylation is 1. The summed E-state index contributed by atoms with van der Waals surface area (Å²) in [6, 6.07) is 2.15. The van der Waals surface area contributed by atoms with Crippen LogP contribution in [-0.2, 0) is 19.3 Å². The summed E-state index contributed by atoms with van der Waals surface area (Å²) in [6.07, 6.45) is 5.18. The smallest absolute Gasteiger partial charge is 0.141 e. The molecular formula is C13H17ClO2. The zero-order valence-electron chi connectivity index (χ0n) is 9.55. The van der Waals surface area contributed by atoms with Crippen molar-refractivity contribution in [1.82, 2.24) is 0 Å². The van der Waals surface area contributed by atoms with E-state index in [0.29, 0.717) is 6.42 Å². The van der Waals surface area contributed by atoms with Crippen molar-refractivity contribution in [2.45, 2.75) is 32.1 Å². The van der Waals surface area contributed by atoms with Gasteiger partial charge >= 0.3 is 0 Å². The summed E-state index contributed by atoms with van der Waals surface area (Å²) in [5.74, 6) is 0.747. The van der Waals surface area contributed by atoms with Crippen molar-refractivity contribution in [2.75, 3.05) is 13.7 Å². The van der Waals surface area contributed by atoms with Crippen LogP contribution < -0.4 is 4.74 Å². The van der Waals surface area contributed by atoms with Gasteiger partial charge in [0.05, 0.1) is 12.1 Å². The Morgan fingerprint density at radius 3 is 2.81 bits per heavy atom. The van der Waals surface area contributed by atoms with Gasteiger partial charge in [-0.3, -0.25) is 0 Å². The molecule has 1 aromatic rings. The summed E-state index contributed by atoms with van der Waals surface area (Å²) in [6.45, 7) is 0.130. The molecule has 0 fully saturated rings. The van der Waals surface area contributed by atoms with Crippen molar-refractivity contribution in [2.24, 2.45) is 0 Å². The summed E-state index contributed by atoms with van der Waals surface area (Å²) in [4.78, 5) is 0. The van der Waals surface area contributed by atoms with Crippen molar-refractivity contribution in [3.8, 4) is 5.75 Å². The molecule has 0 amide bonds. The zero-order chi connectivity index (χ0) is 11.5. The van der Waals surface area contributed by atoms with Crippen LogP contribution in [0.4, 0.5) is 0 Å². The maximum atomic E-state index is 9.04. The summed E-state index contributed by atoms with van der Waals surface area (Å²) in [7, 11) is 1.64. The van der Waals surface area contributed by atoms with Gasteiger partial charge in [0.15, 0.2) is 0 Å². The molecule has 0 spiro atoms. The van der Waals surface area contributed by atoms with Gasteiger partial charge in [0.1, 0.15) is 5.75 Å². The summed E-state index contributed by atoms with van der Waals surface area (Å²) < 4.78 is 5.35. The fourth-order valence-electron chi connectivity index (χ4n) is 2.42. The molecule has 0 aromatic heterocycles. The van der Waals surface area contributed by atoms with E-state index in [4.69, 9.17) is 21.4 Å². The Balaban J connectivity index is 2.50. The molecule has 0 unspecified atom stereocenters. The number of hydrogen-bond donors (Lipinski definition) is 1. The number of benzene rings is 1.